The topological polar surface area (TPSA) is 261 Å². The third kappa shape index (κ3) is 19.2. The fraction of sp³-hybridized carbons (Fsp3) is 0.400. The number of rotatable bonds is 3. The molecular formula is C105H114Cl3N15O9S6. The molecule has 12 heterocycles. The number of aromatic carboxylic acids is 3. The van der Waals surface area contributed by atoms with E-state index in [2.05, 4.69) is 54.6 Å². The number of hydrogen-bond acceptors (Lipinski definition) is 18. The Morgan fingerprint density at radius 1 is 0.326 bits per heavy atom. The Hall–Kier alpha value is -10.0. The lowest BCUT2D eigenvalue weighted by atomic mass is 9.91. The molecular weight excluding hydrogens is 1910 g/mol. The van der Waals surface area contributed by atoms with Gasteiger partial charge in [0.05, 0.1) is 54.0 Å². The zero-order chi connectivity index (χ0) is 96.3. The van der Waals surface area contributed by atoms with Gasteiger partial charge in [0, 0.05) is 244 Å². The number of fused-ring (bicyclic) bond motifs is 24. The summed E-state index contributed by atoms with van der Waals surface area (Å²) in [4.78, 5) is 41.8. The molecule has 0 fully saturated rings. The average molecular weight is 2030 g/mol. The lowest BCUT2D eigenvalue weighted by Gasteiger charge is -2.21. The predicted molar refractivity (Wildman–Crippen MR) is 560 cm³/mol. The van der Waals surface area contributed by atoms with Crippen molar-refractivity contribution in [2.45, 2.75) is 224 Å². The van der Waals surface area contributed by atoms with Gasteiger partial charge in [0.2, 0.25) is 0 Å². The molecule has 3 aliphatic heterocycles. The number of halogens is 3. The predicted octanol–water partition coefficient (Wildman–Crippen LogP) is 24.4. The van der Waals surface area contributed by atoms with Gasteiger partial charge in [-0.3, -0.25) is 28.1 Å². The van der Waals surface area contributed by atoms with Crippen LogP contribution >= 0.6 is 105 Å². The first-order valence-electron chi connectivity index (χ1n) is 47.4. The van der Waals surface area contributed by atoms with Crippen LogP contribution in [0, 0.1) is 41.5 Å². The van der Waals surface area contributed by atoms with Crippen molar-refractivity contribution in [3.8, 4) is 50.6 Å². The molecule has 138 heavy (non-hydrogen) atoms. The molecule has 0 atom stereocenters. The number of carbonyl (C=O) groups is 3. The number of carboxylic acid groups (broad SMARTS) is 3. The SMILES string of the molecule is Cc1c(C(=O)O)n2c3ccc(Cl)c(c13)-c1c(nn(C)c1C)CSCc1cc(n(C)n1)CSc1cc3c(c(c1)OCCC2)CCCC3.Cc1c(C(=O)O)n2c3ccc(Cl)c(c13)-c1c(nn(C)c1C)CSCc1cc(n(C)n1)CSc1cc3c(c(c1)OCCC2)CCCC3.Cc1c(C(=O)O)n2c3ccc(Cl)c(c13)-c1c(nn(C)c1C)CSCc1cc(n(C)n1)CSc1cc3c(c(c1)OCCC2)CCCC3. The molecule has 33 heteroatoms. The molecule has 6 aliphatic rings. The Morgan fingerprint density at radius 2 is 0.601 bits per heavy atom. The van der Waals surface area contributed by atoms with Crippen molar-refractivity contribution >= 4 is 156 Å². The van der Waals surface area contributed by atoms with Crippen molar-refractivity contribution in [1.82, 2.24) is 72.4 Å². The number of ether oxygens (including phenoxy) is 3. The minimum atomic E-state index is -0.946. The van der Waals surface area contributed by atoms with E-state index < -0.39 is 17.9 Å². The van der Waals surface area contributed by atoms with Crippen molar-refractivity contribution < 1.29 is 43.9 Å². The summed E-state index contributed by atoms with van der Waals surface area (Å²) in [5.41, 5.74) is 31.6. The lowest BCUT2D eigenvalue weighted by Crippen LogP contribution is -2.13. The maximum Gasteiger partial charge on any atom is 0.352 e. The maximum absolute atomic E-state index is 12.7. The van der Waals surface area contributed by atoms with Crippen LogP contribution < -0.4 is 14.2 Å². The van der Waals surface area contributed by atoms with Gasteiger partial charge in [-0.05, 0) is 279 Å². The van der Waals surface area contributed by atoms with Crippen LogP contribution in [-0.2, 0) is 152 Å². The van der Waals surface area contributed by atoms with Crippen molar-refractivity contribution in [3.63, 3.8) is 0 Å². The molecule has 720 valence electrons. The van der Waals surface area contributed by atoms with Gasteiger partial charge in [0.25, 0.3) is 0 Å². The minimum absolute atomic E-state index is 0.292. The summed E-state index contributed by atoms with van der Waals surface area (Å²) in [6.07, 6.45) is 15.4. The summed E-state index contributed by atoms with van der Waals surface area (Å²) >= 11 is 31.8. The molecule has 0 spiro atoms. The van der Waals surface area contributed by atoms with Crippen molar-refractivity contribution in [3.05, 3.63) is 242 Å². The zero-order valence-corrected chi connectivity index (χ0v) is 87.1. The number of nitrogens with zero attached hydrogens (tertiary/aromatic N) is 15. The van der Waals surface area contributed by atoms with E-state index in [-0.39, 0.29) is 0 Å². The second-order valence-corrected chi connectivity index (χ2v) is 44.2. The molecule has 3 aliphatic carbocycles. The summed E-state index contributed by atoms with van der Waals surface area (Å²) < 4.78 is 37.0. The van der Waals surface area contributed by atoms with Crippen LogP contribution in [0.5, 0.6) is 17.2 Å². The summed E-state index contributed by atoms with van der Waals surface area (Å²) in [7, 11) is 11.9. The number of hydrogen-bond donors (Lipinski definition) is 3. The first-order valence-corrected chi connectivity index (χ1v) is 54.9. The molecule has 0 amide bonds. The number of thioether (sulfide) groups is 6. The van der Waals surface area contributed by atoms with Gasteiger partial charge in [-0.1, -0.05) is 34.8 Å². The highest BCUT2D eigenvalue weighted by molar-refractivity contribution is 7.99. The summed E-state index contributed by atoms with van der Waals surface area (Å²) in [6.45, 7) is 14.8. The fourth-order valence-electron chi connectivity index (χ4n) is 21.2. The van der Waals surface area contributed by atoms with Gasteiger partial charge in [0.1, 0.15) is 34.3 Å². The summed E-state index contributed by atoms with van der Waals surface area (Å²) in [6, 6.07) is 31.8. The Kier molecular flexibility index (Phi) is 29.0. The molecule has 21 rings (SSSR count). The fourth-order valence-corrected chi connectivity index (χ4v) is 27.5. The van der Waals surface area contributed by atoms with E-state index in [1.807, 2.05) is 197 Å². The molecule has 9 aromatic heterocycles. The largest absolute Gasteiger partial charge is 0.493 e. The van der Waals surface area contributed by atoms with Crippen molar-refractivity contribution in [2.24, 2.45) is 42.3 Å². The highest BCUT2D eigenvalue weighted by Gasteiger charge is 2.34. The van der Waals surface area contributed by atoms with Gasteiger partial charge in [-0.25, -0.2) is 14.4 Å². The van der Waals surface area contributed by atoms with E-state index in [9.17, 15) is 29.7 Å². The monoisotopic (exact) mass is 2030 g/mol. The first-order chi connectivity index (χ1) is 66.6. The number of carboxylic acids is 3. The molecule has 24 nitrogen and oxygen atoms in total. The minimum Gasteiger partial charge on any atom is -0.493 e. The van der Waals surface area contributed by atoms with E-state index in [1.54, 1.807) is 35.3 Å². The van der Waals surface area contributed by atoms with Crippen LogP contribution in [0.15, 0.2) is 106 Å². The summed E-state index contributed by atoms with van der Waals surface area (Å²) in [5.74, 6) is 6.80. The van der Waals surface area contributed by atoms with Gasteiger partial charge >= 0.3 is 17.9 Å². The first kappa shape index (κ1) is 96.8. The molecule has 15 aromatic rings. The lowest BCUT2D eigenvalue weighted by molar-refractivity contribution is 0.0673. The Bertz CT molecular complexity index is 6650. The molecule has 0 unspecified atom stereocenters. The second-order valence-electron chi connectivity index (χ2n) is 36.8. The van der Waals surface area contributed by atoms with Crippen LogP contribution in [0.4, 0.5) is 0 Å². The van der Waals surface area contributed by atoms with E-state index in [1.165, 1.54) is 104 Å². The molecule has 3 N–H and O–H groups in total. The standard InChI is InChI=1S/3C35H38ClN5O3S2/c3*1-20-31-29-11-10-27(36)33(31)32-21(2)39(3)38-28(32)19-45-17-23-15-24(40(4)37-23)18-46-25-14-22-8-5-6-9-26(22)30(16-25)44-13-7-12-41(29)34(20)35(42)43/h3*10-11,14-16H,5-9,12-13,17-19H2,1-4H3,(H,42,43). The second kappa shape index (κ2) is 41.3. The third-order valence-corrected chi connectivity index (χ3v) is 35.0. The van der Waals surface area contributed by atoms with Crippen molar-refractivity contribution in [1.29, 1.82) is 0 Å². The highest BCUT2D eigenvalue weighted by Crippen LogP contribution is 2.50. The Balaban J connectivity index is 0.000000132. The quantitative estimate of drug-likeness (QED) is 0.148. The van der Waals surface area contributed by atoms with E-state index in [4.69, 9.17) is 79.6 Å². The van der Waals surface area contributed by atoms with Gasteiger partial charge < -0.3 is 43.2 Å². The average Bonchev–Trinajstić information content (AvgIpc) is 1.59. The molecule has 6 aromatic carbocycles. The highest BCUT2D eigenvalue weighted by atomic mass is 35.5. The molecule has 0 saturated heterocycles. The normalized spacial score (nSPS) is 15.7. The van der Waals surface area contributed by atoms with E-state index in [0.717, 1.165) is 208 Å². The number of aryl methyl sites for hydroxylation is 15. The Labute approximate surface area is 843 Å². The molecule has 0 radical (unpaired) electrons. The maximum atomic E-state index is 12.7. The molecule has 0 saturated carbocycles. The smallest absolute Gasteiger partial charge is 0.352 e. The van der Waals surface area contributed by atoms with E-state index >= 15 is 0 Å². The van der Waals surface area contributed by atoms with E-state index in [0.29, 0.717) is 125 Å². The van der Waals surface area contributed by atoms with Crippen LogP contribution in [-0.4, -0.2) is 125 Å². The molecule has 24 bridgehead atoms. The zero-order valence-electron chi connectivity index (χ0n) is 80.0. The summed E-state index contributed by atoms with van der Waals surface area (Å²) in [5, 5.41) is 64.9. The van der Waals surface area contributed by atoms with Crippen LogP contribution in [0.3, 0.4) is 0 Å². The number of benzene rings is 6. The van der Waals surface area contributed by atoms with Crippen molar-refractivity contribution in [2.75, 3.05) is 19.8 Å². The van der Waals surface area contributed by atoms with Crippen LogP contribution in [0.1, 0.15) is 208 Å². The Morgan fingerprint density at radius 3 is 0.877 bits per heavy atom. The van der Waals surface area contributed by atoms with Crippen LogP contribution in [0.25, 0.3) is 66.1 Å². The number of aromatic nitrogens is 15. The van der Waals surface area contributed by atoms with Gasteiger partial charge in [-0.2, -0.15) is 30.6 Å². The van der Waals surface area contributed by atoms with Gasteiger partial charge in [-0.15, -0.1) is 70.6 Å². The van der Waals surface area contributed by atoms with Crippen LogP contribution in [0.2, 0.25) is 15.1 Å². The third-order valence-electron chi connectivity index (χ3n) is 28.1. The van der Waals surface area contributed by atoms with Gasteiger partial charge in [0.15, 0.2) is 0 Å².